The Morgan fingerprint density at radius 1 is 1.32 bits per heavy atom. The minimum Gasteiger partial charge on any atom is -0.476 e. The molecule has 0 bridgehead atoms. The third-order valence-corrected chi connectivity index (χ3v) is 4.02. The summed E-state index contributed by atoms with van der Waals surface area (Å²) in [6.07, 6.45) is 3.81. The second-order valence-corrected chi connectivity index (χ2v) is 5.48. The van der Waals surface area contributed by atoms with Crippen LogP contribution in [0.5, 0.6) is 0 Å². The minimum absolute atomic E-state index is 0.0404. The van der Waals surface area contributed by atoms with E-state index in [9.17, 15) is 4.79 Å². The van der Waals surface area contributed by atoms with Gasteiger partial charge in [-0.25, -0.2) is 14.8 Å². The van der Waals surface area contributed by atoms with Crippen LogP contribution in [-0.4, -0.2) is 45.6 Å². The summed E-state index contributed by atoms with van der Waals surface area (Å²) in [5, 5.41) is 12.3. The maximum absolute atomic E-state index is 11.1. The first kappa shape index (κ1) is 14.5. The molecule has 6 nitrogen and oxygen atoms in total. The molecule has 1 aromatic carbocycles. The Morgan fingerprint density at radius 2 is 2.05 bits per heavy atom. The number of aromatic carboxylic acids is 1. The number of aromatic nitrogens is 2. The maximum atomic E-state index is 11.1. The van der Waals surface area contributed by atoms with Crippen LogP contribution < -0.4 is 5.32 Å². The molecule has 1 atom stereocenters. The largest absolute Gasteiger partial charge is 0.476 e. The lowest BCUT2D eigenvalue weighted by molar-refractivity contribution is 0.0691. The van der Waals surface area contributed by atoms with E-state index in [0.29, 0.717) is 18.4 Å². The van der Waals surface area contributed by atoms with Crippen molar-refractivity contribution >= 4 is 11.8 Å². The zero-order chi connectivity index (χ0) is 15.5. The first-order chi connectivity index (χ1) is 10.6. The summed E-state index contributed by atoms with van der Waals surface area (Å²) in [4.78, 5) is 21.4. The normalized spacial score (nSPS) is 17.8. The number of rotatable bonds is 4. The lowest BCUT2D eigenvalue weighted by atomic mass is 9.94. The highest BCUT2D eigenvalue weighted by atomic mass is 16.4. The number of carboxylic acid groups (broad SMARTS) is 1. The zero-order valence-electron chi connectivity index (χ0n) is 12.4. The molecule has 3 rings (SSSR count). The molecule has 1 aliphatic rings. The maximum Gasteiger partial charge on any atom is 0.358 e. The molecule has 2 heterocycles. The molecule has 1 aliphatic heterocycles. The van der Waals surface area contributed by atoms with Gasteiger partial charge in [0, 0.05) is 31.5 Å². The highest BCUT2D eigenvalue weighted by Gasteiger charge is 2.23. The van der Waals surface area contributed by atoms with Crippen LogP contribution in [0.25, 0.3) is 0 Å². The second kappa shape index (κ2) is 6.11. The Morgan fingerprint density at radius 3 is 2.82 bits per heavy atom. The quantitative estimate of drug-likeness (QED) is 0.893. The fourth-order valence-electron chi connectivity index (χ4n) is 2.78. The summed E-state index contributed by atoms with van der Waals surface area (Å²) < 4.78 is 0. The van der Waals surface area contributed by atoms with Crippen LogP contribution in [0.4, 0.5) is 5.82 Å². The molecule has 6 heteroatoms. The molecule has 0 amide bonds. The predicted octanol–water partition coefficient (Wildman–Crippen LogP) is 1.64. The smallest absolute Gasteiger partial charge is 0.358 e. The molecular formula is C16H18N4O2. The summed E-state index contributed by atoms with van der Waals surface area (Å²) in [7, 11) is 2.08. The van der Waals surface area contributed by atoms with Crippen molar-refractivity contribution in [2.45, 2.75) is 19.0 Å². The van der Waals surface area contributed by atoms with E-state index < -0.39 is 5.97 Å². The standard InChI is InChI=1S/C16H18N4O2/c1-20-10-12-5-3-2-4-11(12)8-13(20)9-19-15-14(16(21)22)17-6-7-18-15/h2-7,13H,8-10H2,1H3,(H,18,19)(H,21,22). The summed E-state index contributed by atoms with van der Waals surface area (Å²) >= 11 is 0. The van der Waals surface area contributed by atoms with Gasteiger partial charge in [-0.3, -0.25) is 4.90 Å². The first-order valence-electron chi connectivity index (χ1n) is 7.20. The highest BCUT2D eigenvalue weighted by Crippen LogP contribution is 2.22. The number of hydrogen-bond donors (Lipinski definition) is 2. The number of anilines is 1. The Balaban J connectivity index is 1.71. The number of benzene rings is 1. The minimum atomic E-state index is -1.07. The molecule has 2 N–H and O–H groups in total. The number of likely N-dealkylation sites (N-methyl/N-ethyl adjacent to an activating group) is 1. The first-order valence-corrected chi connectivity index (χ1v) is 7.20. The Kier molecular flexibility index (Phi) is 4.02. The van der Waals surface area contributed by atoms with E-state index in [0.717, 1.165) is 13.0 Å². The van der Waals surface area contributed by atoms with Gasteiger partial charge >= 0.3 is 5.97 Å². The van der Waals surface area contributed by atoms with E-state index in [-0.39, 0.29) is 5.69 Å². The van der Waals surface area contributed by atoms with E-state index in [1.54, 1.807) is 0 Å². The molecule has 2 aromatic rings. The number of hydrogen-bond acceptors (Lipinski definition) is 5. The number of fused-ring (bicyclic) bond motifs is 1. The Hall–Kier alpha value is -2.47. The van der Waals surface area contributed by atoms with Gasteiger partial charge < -0.3 is 10.4 Å². The van der Waals surface area contributed by atoms with Gasteiger partial charge in [-0.2, -0.15) is 0 Å². The van der Waals surface area contributed by atoms with Crippen LogP contribution in [0.3, 0.4) is 0 Å². The topological polar surface area (TPSA) is 78.3 Å². The molecule has 1 aromatic heterocycles. The van der Waals surface area contributed by atoms with Crippen LogP contribution in [0.1, 0.15) is 21.6 Å². The van der Waals surface area contributed by atoms with Gasteiger partial charge in [-0.1, -0.05) is 24.3 Å². The average Bonchev–Trinajstić information content (AvgIpc) is 2.53. The SMILES string of the molecule is CN1Cc2ccccc2CC1CNc1nccnc1C(=O)O. The summed E-state index contributed by atoms with van der Waals surface area (Å²) in [6.45, 7) is 1.53. The third kappa shape index (κ3) is 2.92. The molecule has 114 valence electrons. The van der Waals surface area contributed by atoms with Crippen LogP contribution in [0.2, 0.25) is 0 Å². The van der Waals surface area contributed by atoms with Crippen LogP contribution in [-0.2, 0) is 13.0 Å². The fourth-order valence-corrected chi connectivity index (χ4v) is 2.78. The van der Waals surface area contributed by atoms with E-state index in [1.165, 1.54) is 23.5 Å². The number of nitrogens with one attached hydrogen (secondary N) is 1. The number of nitrogens with zero attached hydrogens (tertiary/aromatic N) is 3. The van der Waals surface area contributed by atoms with Crippen molar-refractivity contribution in [2.24, 2.45) is 0 Å². The number of carbonyl (C=O) groups is 1. The van der Waals surface area contributed by atoms with Crippen molar-refractivity contribution < 1.29 is 9.90 Å². The van der Waals surface area contributed by atoms with Gasteiger partial charge in [0.25, 0.3) is 0 Å². The van der Waals surface area contributed by atoms with Crippen molar-refractivity contribution in [2.75, 3.05) is 18.9 Å². The lowest BCUT2D eigenvalue weighted by Gasteiger charge is -2.34. The molecule has 0 radical (unpaired) electrons. The van der Waals surface area contributed by atoms with Gasteiger partial charge in [-0.15, -0.1) is 0 Å². The molecular weight excluding hydrogens is 280 g/mol. The number of carboxylic acids is 1. The van der Waals surface area contributed by atoms with Gasteiger partial charge in [0.2, 0.25) is 0 Å². The van der Waals surface area contributed by atoms with Gasteiger partial charge in [0.15, 0.2) is 11.5 Å². The van der Waals surface area contributed by atoms with Gasteiger partial charge in [-0.05, 0) is 24.6 Å². The fraction of sp³-hybridized carbons (Fsp3) is 0.312. The van der Waals surface area contributed by atoms with Crippen molar-refractivity contribution in [3.8, 4) is 0 Å². The van der Waals surface area contributed by atoms with E-state index in [1.807, 2.05) is 0 Å². The lowest BCUT2D eigenvalue weighted by Crippen LogP contribution is -2.42. The average molecular weight is 298 g/mol. The molecule has 1 unspecified atom stereocenters. The van der Waals surface area contributed by atoms with Crippen molar-refractivity contribution in [1.29, 1.82) is 0 Å². The van der Waals surface area contributed by atoms with Crippen molar-refractivity contribution in [1.82, 2.24) is 14.9 Å². The van der Waals surface area contributed by atoms with Crippen LogP contribution in [0, 0.1) is 0 Å². The third-order valence-electron chi connectivity index (χ3n) is 4.02. The van der Waals surface area contributed by atoms with Gasteiger partial charge in [0.05, 0.1) is 0 Å². The molecule has 0 spiro atoms. The van der Waals surface area contributed by atoms with Crippen molar-refractivity contribution in [3.05, 3.63) is 53.5 Å². The van der Waals surface area contributed by atoms with Crippen LogP contribution >= 0.6 is 0 Å². The van der Waals surface area contributed by atoms with Crippen molar-refractivity contribution in [3.63, 3.8) is 0 Å². The molecule has 0 aliphatic carbocycles. The monoisotopic (exact) mass is 298 g/mol. The second-order valence-electron chi connectivity index (χ2n) is 5.48. The zero-order valence-corrected chi connectivity index (χ0v) is 12.4. The molecule has 0 saturated heterocycles. The van der Waals surface area contributed by atoms with E-state index >= 15 is 0 Å². The predicted molar refractivity (Wildman–Crippen MR) is 82.9 cm³/mol. The molecule has 22 heavy (non-hydrogen) atoms. The summed E-state index contributed by atoms with van der Waals surface area (Å²) in [5.74, 6) is -0.750. The molecule has 0 saturated carbocycles. The van der Waals surface area contributed by atoms with E-state index in [4.69, 9.17) is 5.11 Å². The molecule has 0 fully saturated rings. The van der Waals surface area contributed by atoms with Crippen LogP contribution in [0.15, 0.2) is 36.7 Å². The summed E-state index contributed by atoms with van der Waals surface area (Å²) in [6, 6.07) is 8.71. The Bertz CT molecular complexity index is 689. The summed E-state index contributed by atoms with van der Waals surface area (Å²) in [5.41, 5.74) is 2.67. The highest BCUT2D eigenvalue weighted by molar-refractivity contribution is 5.90. The Labute approximate surface area is 128 Å². The van der Waals surface area contributed by atoms with E-state index in [2.05, 4.69) is 51.5 Å². The van der Waals surface area contributed by atoms with Gasteiger partial charge in [0.1, 0.15) is 0 Å².